The van der Waals surface area contributed by atoms with Crippen LogP contribution in [0.15, 0.2) is 41.7 Å². The lowest BCUT2D eigenvalue weighted by Gasteiger charge is -2.41. The smallest absolute Gasteiger partial charge is 0.359 e. The van der Waals surface area contributed by atoms with Crippen LogP contribution in [0.3, 0.4) is 0 Å². The molecule has 4 heteroatoms. The SMILES string of the molecule is CC(C)[C@@H]1CC[C@@H](C)C[C@@H]1CB(C[C@H]1C[C@H](C)CC[C@H]1C(C)C)O/C(=C/OCc1ccccc1)SC(C)(C)C. The molecule has 220 valence electrons. The minimum atomic E-state index is 0.0616. The third-order valence-corrected chi connectivity index (χ3v) is 10.4. The Bertz CT molecular complexity index is 827. The quantitative estimate of drug-likeness (QED) is 0.189. The average Bonchev–Trinajstić information content (AvgIpc) is 2.83. The van der Waals surface area contributed by atoms with Gasteiger partial charge in [0.05, 0.1) is 0 Å². The van der Waals surface area contributed by atoms with E-state index < -0.39 is 0 Å². The van der Waals surface area contributed by atoms with E-state index in [2.05, 4.69) is 92.6 Å². The molecular weight excluding hydrogens is 495 g/mol. The van der Waals surface area contributed by atoms with Crippen molar-refractivity contribution in [2.75, 3.05) is 0 Å². The molecule has 0 N–H and O–H groups in total. The second kappa shape index (κ2) is 15.3. The first-order valence-corrected chi connectivity index (χ1v) is 16.9. The first-order valence-electron chi connectivity index (χ1n) is 16.1. The van der Waals surface area contributed by atoms with Gasteiger partial charge in [0.2, 0.25) is 0 Å². The van der Waals surface area contributed by atoms with E-state index in [9.17, 15) is 0 Å². The van der Waals surface area contributed by atoms with Gasteiger partial charge in [-0.3, -0.25) is 0 Å². The fraction of sp³-hybridized carbons (Fsp3) is 0.771. The molecule has 0 heterocycles. The Morgan fingerprint density at radius 1 is 0.872 bits per heavy atom. The highest BCUT2D eigenvalue weighted by Crippen LogP contribution is 2.45. The van der Waals surface area contributed by atoms with Crippen molar-refractivity contribution in [2.45, 2.75) is 125 Å². The minimum absolute atomic E-state index is 0.0616. The Hall–Kier alpha value is -1.03. The second-order valence-electron chi connectivity index (χ2n) is 14.8. The molecular formula is C35H59BO2S. The molecule has 0 unspecified atom stereocenters. The first kappa shape index (κ1) is 32.5. The van der Waals surface area contributed by atoms with Gasteiger partial charge in [0.1, 0.15) is 12.9 Å². The summed E-state index contributed by atoms with van der Waals surface area (Å²) in [6.45, 7) is 22.4. The Balaban J connectivity index is 1.84. The van der Waals surface area contributed by atoms with Crippen LogP contribution in [0.1, 0.15) is 106 Å². The van der Waals surface area contributed by atoms with E-state index >= 15 is 0 Å². The summed E-state index contributed by atoms with van der Waals surface area (Å²) in [5.74, 6) is 6.29. The van der Waals surface area contributed by atoms with E-state index in [-0.39, 0.29) is 11.7 Å². The van der Waals surface area contributed by atoms with E-state index in [1.54, 1.807) is 0 Å². The monoisotopic (exact) mass is 554 g/mol. The molecule has 2 saturated carbocycles. The predicted octanol–water partition coefficient (Wildman–Crippen LogP) is 11.0. The maximum absolute atomic E-state index is 7.10. The Kier molecular flexibility index (Phi) is 12.7. The summed E-state index contributed by atoms with van der Waals surface area (Å²) in [5, 5.41) is 0.957. The summed E-state index contributed by atoms with van der Waals surface area (Å²) in [7, 11) is 0. The number of hydrogen-bond donors (Lipinski definition) is 0. The van der Waals surface area contributed by atoms with Gasteiger partial charge in [-0.25, -0.2) is 0 Å². The summed E-state index contributed by atoms with van der Waals surface area (Å²) in [5.41, 5.74) is 1.19. The summed E-state index contributed by atoms with van der Waals surface area (Å²) in [6.07, 6.45) is 12.5. The molecule has 6 atom stereocenters. The van der Waals surface area contributed by atoms with Crippen molar-refractivity contribution in [3.05, 3.63) is 47.2 Å². The van der Waals surface area contributed by atoms with Crippen LogP contribution >= 0.6 is 11.8 Å². The average molecular weight is 555 g/mol. The molecule has 0 aliphatic heterocycles. The number of ether oxygens (including phenoxy) is 1. The molecule has 39 heavy (non-hydrogen) atoms. The maximum atomic E-state index is 7.10. The molecule has 0 bridgehead atoms. The molecule has 3 rings (SSSR count). The fourth-order valence-corrected chi connectivity index (χ4v) is 8.44. The Morgan fingerprint density at radius 2 is 1.38 bits per heavy atom. The van der Waals surface area contributed by atoms with Crippen molar-refractivity contribution in [1.29, 1.82) is 0 Å². The lowest BCUT2D eigenvalue weighted by molar-refractivity contribution is 0.145. The van der Waals surface area contributed by atoms with Crippen LogP contribution < -0.4 is 0 Å². The largest absolute Gasteiger partial charge is 0.554 e. The van der Waals surface area contributed by atoms with Gasteiger partial charge >= 0.3 is 6.92 Å². The van der Waals surface area contributed by atoms with Crippen LogP contribution in [0.5, 0.6) is 0 Å². The number of rotatable bonds is 12. The fourth-order valence-electron chi connectivity index (χ4n) is 7.53. The van der Waals surface area contributed by atoms with E-state index in [4.69, 9.17) is 9.39 Å². The Morgan fingerprint density at radius 3 is 1.85 bits per heavy atom. The molecule has 1 aromatic rings. The first-order chi connectivity index (χ1) is 18.4. The van der Waals surface area contributed by atoms with Gasteiger partial charge < -0.3 is 9.39 Å². The normalized spacial score (nSPS) is 28.5. The summed E-state index contributed by atoms with van der Waals surface area (Å²) in [6, 6.07) is 10.5. The van der Waals surface area contributed by atoms with Crippen LogP contribution in [0.25, 0.3) is 0 Å². The standard InChI is InChI=1S/C35H59BO2S/c1-25(2)32-17-15-27(5)19-30(32)21-36(22-31-20-28(6)16-18-33(31)26(3)4)38-34(39-35(7,8)9)24-37-23-29-13-11-10-12-14-29/h10-14,24-28,30-33H,15-23H2,1-9H3/b34-24-/t27-,28-,30-,31-,32+,33+/m1/s1. The molecule has 0 spiro atoms. The van der Waals surface area contributed by atoms with Crippen molar-refractivity contribution < 1.29 is 9.39 Å². The van der Waals surface area contributed by atoms with E-state index in [1.165, 1.54) is 56.7 Å². The third kappa shape index (κ3) is 11.1. The zero-order valence-electron chi connectivity index (χ0n) is 26.7. The number of thioether (sulfide) groups is 1. The van der Waals surface area contributed by atoms with Crippen LogP contribution in [-0.2, 0) is 16.0 Å². The molecule has 2 aliphatic carbocycles. The van der Waals surface area contributed by atoms with Gasteiger partial charge in [-0.2, -0.15) is 0 Å². The summed E-state index contributed by atoms with van der Waals surface area (Å²) in [4.78, 5) is 0. The zero-order chi connectivity index (χ0) is 28.6. The van der Waals surface area contributed by atoms with E-state index in [1.807, 2.05) is 18.0 Å². The minimum Gasteiger partial charge on any atom is -0.554 e. The maximum Gasteiger partial charge on any atom is 0.359 e. The van der Waals surface area contributed by atoms with Gasteiger partial charge in [0, 0.05) is 4.75 Å². The molecule has 2 aliphatic rings. The highest BCUT2D eigenvalue weighted by Gasteiger charge is 2.39. The molecule has 2 fully saturated rings. The molecule has 0 radical (unpaired) electrons. The van der Waals surface area contributed by atoms with Crippen molar-refractivity contribution in [1.82, 2.24) is 0 Å². The van der Waals surface area contributed by atoms with Gasteiger partial charge in [-0.1, -0.05) is 117 Å². The van der Waals surface area contributed by atoms with Crippen molar-refractivity contribution in [3.8, 4) is 0 Å². The lowest BCUT2D eigenvalue weighted by Crippen LogP contribution is -2.36. The number of hydrogen-bond acceptors (Lipinski definition) is 3. The van der Waals surface area contributed by atoms with Gasteiger partial charge in [-0.15, -0.1) is 0 Å². The predicted molar refractivity (Wildman–Crippen MR) is 173 cm³/mol. The topological polar surface area (TPSA) is 18.5 Å². The van der Waals surface area contributed by atoms with Crippen LogP contribution in [0.2, 0.25) is 12.6 Å². The van der Waals surface area contributed by atoms with Crippen molar-refractivity contribution in [3.63, 3.8) is 0 Å². The lowest BCUT2D eigenvalue weighted by atomic mass is 9.49. The van der Waals surface area contributed by atoms with Gasteiger partial charge in [0.25, 0.3) is 0 Å². The van der Waals surface area contributed by atoms with Crippen LogP contribution in [0.4, 0.5) is 0 Å². The van der Waals surface area contributed by atoms with Gasteiger partial charge in [0.15, 0.2) is 5.09 Å². The summed E-state index contributed by atoms with van der Waals surface area (Å²) < 4.78 is 13.3. The highest BCUT2D eigenvalue weighted by atomic mass is 32.2. The van der Waals surface area contributed by atoms with E-state index in [0.29, 0.717) is 6.61 Å². The van der Waals surface area contributed by atoms with Crippen LogP contribution in [0, 0.1) is 47.3 Å². The molecule has 0 aromatic heterocycles. The molecule has 2 nitrogen and oxygen atoms in total. The second-order valence-corrected chi connectivity index (χ2v) is 16.7. The van der Waals surface area contributed by atoms with Crippen molar-refractivity contribution in [2.24, 2.45) is 47.3 Å². The zero-order valence-corrected chi connectivity index (χ0v) is 27.6. The molecule has 0 amide bonds. The highest BCUT2D eigenvalue weighted by molar-refractivity contribution is 8.04. The van der Waals surface area contributed by atoms with Crippen LogP contribution in [-0.4, -0.2) is 11.7 Å². The Labute approximate surface area is 247 Å². The van der Waals surface area contributed by atoms with Gasteiger partial charge in [-0.05, 0) is 91.2 Å². The van der Waals surface area contributed by atoms with E-state index in [0.717, 1.165) is 52.4 Å². The molecule has 0 saturated heterocycles. The number of benzene rings is 1. The molecule has 1 aromatic carbocycles. The summed E-state index contributed by atoms with van der Waals surface area (Å²) >= 11 is 1.82. The van der Waals surface area contributed by atoms with Crippen molar-refractivity contribution >= 4 is 18.7 Å². The third-order valence-electron chi connectivity index (χ3n) is 9.41.